The number of allylic oxidation sites excluding steroid dienone is 1. The second-order valence-corrected chi connectivity index (χ2v) is 17.3. The second kappa shape index (κ2) is 10.4. The van der Waals surface area contributed by atoms with Gasteiger partial charge in [0.25, 0.3) is 0 Å². The van der Waals surface area contributed by atoms with Gasteiger partial charge in [0.15, 0.2) is 0 Å². The Kier molecular flexibility index (Phi) is 9.59. The highest BCUT2D eigenvalue weighted by Gasteiger charge is 2.65. The van der Waals surface area contributed by atoms with Crippen molar-refractivity contribution in [1.82, 2.24) is 0 Å². The molecule has 1 aromatic rings. The van der Waals surface area contributed by atoms with Gasteiger partial charge in [0, 0.05) is 22.8 Å². The van der Waals surface area contributed by atoms with Crippen molar-refractivity contribution in [3.63, 3.8) is 0 Å². The van der Waals surface area contributed by atoms with Gasteiger partial charge in [-0.1, -0.05) is 53.4 Å². The number of fused-ring (bicyclic) bond motifs is 1. The molecule has 8 heteroatoms. The molecule has 0 atom stereocenters. The van der Waals surface area contributed by atoms with Gasteiger partial charge in [-0.15, -0.1) is 11.3 Å². The molecule has 30 heavy (non-hydrogen) atoms. The van der Waals surface area contributed by atoms with Gasteiger partial charge < -0.3 is 22.4 Å². The largest absolute Gasteiger partial charge is 0.673 e. The van der Waals surface area contributed by atoms with E-state index in [2.05, 4.69) is 45.2 Å². The average Bonchev–Trinajstić information content (AvgIpc) is 3.23. The molecule has 0 unspecified atom stereocenters. The average molecular weight is 472 g/mol. The van der Waals surface area contributed by atoms with Crippen LogP contribution in [-0.2, 0) is 0 Å². The van der Waals surface area contributed by atoms with Crippen LogP contribution >= 0.6 is 19.8 Å². The number of thiophene rings is 1. The van der Waals surface area contributed by atoms with Crippen LogP contribution in [0, 0.1) is 0 Å². The maximum Gasteiger partial charge on any atom is 0.673 e. The number of unbranched alkanes of at least 4 members (excludes halogenated alkanes) is 4. The van der Waals surface area contributed by atoms with Gasteiger partial charge in [0.2, 0.25) is 0 Å². The Morgan fingerprint density at radius 1 is 0.833 bits per heavy atom. The predicted molar refractivity (Wildman–Crippen MR) is 130 cm³/mol. The molecule has 0 saturated carbocycles. The molecule has 2 rings (SSSR count). The first-order chi connectivity index (χ1) is 13.9. The molecule has 0 radical (unpaired) electrons. The van der Waals surface area contributed by atoms with E-state index in [1.165, 1.54) is 80.6 Å². The Balaban J connectivity index is 0.000000804. The molecule has 1 aliphatic rings. The van der Waals surface area contributed by atoms with Gasteiger partial charge in [-0.3, -0.25) is 0 Å². The summed E-state index contributed by atoms with van der Waals surface area (Å²) < 4.78 is 40.7. The van der Waals surface area contributed by atoms with Gasteiger partial charge in [-0.2, -0.15) is 8.48 Å². The summed E-state index contributed by atoms with van der Waals surface area (Å²) in [6.07, 6.45) is 14.4. The monoisotopic (exact) mass is 471 g/mol. The van der Waals surface area contributed by atoms with E-state index < -0.39 is 15.7 Å². The van der Waals surface area contributed by atoms with Crippen molar-refractivity contribution >= 4 is 33.1 Å². The zero-order valence-corrected chi connectivity index (χ0v) is 21.0. The summed E-state index contributed by atoms with van der Waals surface area (Å²) in [4.78, 5) is 1.79. The molecule has 178 valence electrons. The van der Waals surface area contributed by atoms with Crippen LogP contribution in [-0.4, -0.2) is 24.5 Å². The first kappa shape index (κ1) is 27.6. The van der Waals surface area contributed by atoms with Crippen LogP contribution in [0.5, 0.6) is 0 Å². The molecule has 0 aliphatic carbocycles. The molecule has 1 aliphatic heterocycles. The van der Waals surface area contributed by atoms with Crippen molar-refractivity contribution in [1.29, 1.82) is 0 Å². The van der Waals surface area contributed by atoms with Crippen LogP contribution in [0.25, 0.3) is 6.08 Å². The standard InChI is InChI=1S/C22H41NS2.BF4/c1-5-9-13-21-19-20-14-15-24-22(20)25(21,23,16-10-6-2,17-11-7-3)18-12-8-4;2-1(3,4)5/h14-15,19H,5-13,16-18,23H2,1-4H3;/q;-1/p+1. The van der Waals surface area contributed by atoms with Crippen LogP contribution in [0.2, 0.25) is 0 Å². The minimum atomic E-state index is -6.00. The van der Waals surface area contributed by atoms with E-state index in [0.717, 1.165) is 0 Å². The maximum absolute atomic E-state index is 9.75. The molecular weight excluding hydrogens is 429 g/mol. The molecule has 1 nitrogen and oxygen atoms in total. The van der Waals surface area contributed by atoms with Crippen LogP contribution in [0.1, 0.15) is 91.0 Å². The molecule has 1 aromatic heterocycles. The van der Waals surface area contributed by atoms with E-state index in [1.54, 1.807) is 9.11 Å². The molecule has 0 spiro atoms. The lowest BCUT2D eigenvalue weighted by molar-refractivity contribution is -0.171. The molecule has 0 amide bonds. The quantitative estimate of drug-likeness (QED) is 0.234. The molecule has 0 bridgehead atoms. The lowest BCUT2D eigenvalue weighted by atomic mass is 10.2. The van der Waals surface area contributed by atoms with Gasteiger partial charge in [-0.05, 0) is 54.5 Å². The van der Waals surface area contributed by atoms with Crippen LogP contribution in [0.4, 0.5) is 17.3 Å². The summed E-state index contributed by atoms with van der Waals surface area (Å²) in [7, 11) is -8.62. The molecule has 0 saturated heterocycles. The summed E-state index contributed by atoms with van der Waals surface area (Å²) in [6, 6.07) is 2.38. The highest BCUT2D eigenvalue weighted by molar-refractivity contribution is 8.63. The lowest BCUT2D eigenvalue weighted by Crippen LogP contribution is -2.76. The lowest BCUT2D eigenvalue weighted by Gasteiger charge is -2.75. The summed E-state index contributed by atoms with van der Waals surface area (Å²) in [5.74, 6) is 4.04. The summed E-state index contributed by atoms with van der Waals surface area (Å²) in [5.41, 5.74) is 1.54. The Morgan fingerprint density at radius 3 is 1.67 bits per heavy atom. The SMILES string of the molecule is CCCCC1=Cc2ccsc2S1([NH3+])(CCCC)(CCCC)CCCC.F[B-](F)(F)F. The third-order valence-electron chi connectivity index (χ3n) is 6.65. The molecule has 2 heterocycles. The zero-order valence-electron chi connectivity index (χ0n) is 19.3. The number of hydrogen-bond acceptors (Lipinski definition) is 1. The van der Waals surface area contributed by atoms with Crippen molar-refractivity contribution in [3.8, 4) is 0 Å². The van der Waals surface area contributed by atoms with Crippen molar-refractivity contribution in [3.05, 3.63) is 21.9 Å². The van der Waals surface area contributed by atoms with Crippen molar-refractivity contribution in [2.24, 2.45) is 0 Å². The van der Waals surface area contributed by atoms with Crippen molar-refractivity contribution < 1.29 is 22.4 Å². The summed E-state index contributed by atoms with van der Waals surface area (Å²) in [5, 5.41) is 7.79. The minimum absolute atomic E-state index is 1.28. The summed E-state index contributed by atoms with van der Waals surface area (Å²) in [6.45, 7) is 9.40. The van der Waals surface area contributed by atoms with Crippen molar-refractivity contribution in [2.75, 3.05) is 17.3 Å². The van der Waals surface area contributed by atoms with E-state index in [1.807, 2.05) is 11.3 Å². The van der Waals surface area contributed by atoms with E-state index in [9.17, 15) is 17.3 Å². The molecule has 3 N–H and O–H groups in total. The second-order valence-electron chi connectivity index (χ2n) is 9.03. The third kappa shape index (κ3) is 5.66. The van der Waals surface area contributed by atoms with Crippen LogP contribution < -0.4 is 5.14 Å². The number of rotatable bonds is 12. The molecular formula is C22H42BF4NS2. The fraction of sp³-hybridized carbons (Fsp3) is 0.727. The number of hydrogen-bond donors (Lipinski definition) is 1. The predicted octanol–water partition coefficient (Wildman–Crippen LogP) is 8.38. The minimum Gasteiger partial charge on any atom is -0.418 e. The van der Waals surface area contributed by atoms with Gasteiger partial charge >= 0.3 is 7.25 Å². The number of halogens is 4. The maximum atomic E-state index is 9.75. The van der Waals surface area contributed by atoms with E-state index in [-0.39, 0.29) is 0 Å². The Bertz CT molecular complexity index is 681. The topological polar surface area (TPSA) is 27.6 Å². The van der Waals surface area contributed by atoms with Gasteiger partial charge in [0.1, 0.15) is 0 Å². The Morgan fingerprint density at radius 2 is 1.27 bits per heavy atom. The van der Waals surface area contributed by atoms with Crippen LogP contribution in [0.15, 0.2) is 20.6 Å². The van der Waals surface area contributed by atoms with E-state index in [0.29, 0.717) is 0 Å². The first-order valence-corrected chi connectivity index (χ1v) is 15.5. The fourth-order valence-corrected chi connectivity index (χ4v) is 16.1. The highest BCUT2D eigenvalue weighted by atomic mass is 32.4. The Hall–Kier alpha value is -0.465. The highest BCUT2D eigenvalue weighted by Crippen LogP contribution is 2.95. The van der Waals surface area contributed by atoms with E-state index in [4.69, 9.17) is 5.14 Å². The van der Waals surface area contributed by atoms with Gasteiger partial charge in [-0.25, -0.2) is 0 Å². The summed E-state index contributed by atoms with van der Waals surface area (Å²) >= 11 is 2.04. The number of quaternary nitrogens is 1. The van der Waals surface area contributed by atoms with Crippen LogP contribution in [0.3, 0.4) is 0 Å². The molecule has 0 fully saturated rings. The van der Waals surface area contributed by atoms with E-state index >= 15 is 0 Å². The van der Waals surface area contributed by atoms with Gasteiger partial charge in [0.05, 0.1) is 4.21 Å². The Labute approximate surface area is 184 Å². The zero-order chi connectivity index (χ0) is 23.0. The normalized spacial score (nSPS) is 20.6. The smallest absolute Gasteiger partial charge is 0.418 e. The van der Waals surface area contributed by atoms with Crippen molar-refractivity contribution in [2.45, 2.75) is 89.7 Å². The first-order valence-electron chi connectivity index (χ1n) is 11.5. The third-order valence-corrected chi connectivity index (χ3v) is 17.5. The fourth-order valence-electron chi connectivity index (χ4n) is 4.98. The molecule has 0 aromatic carbocycles.